The van der Waals surface area contributed by atoms with E-state index in [1.165, 1.54) is 16.5 Å². The molecule has 3 heterocycles. The van der Waals surface area contributed by atoms with E-state index < -0.39 is 4.92 Å². The van der Waals surface area contributed by atoms with Gasteiger partial charge >= 0.3 is 0 Å². The topological polar surface area (TPSA) is 63.5 Å². The summed E-state index contributed by atoms with van der Waals surface area (Å²) in [7, 11) is 0. The molecule has 3 aromatic rings. The summed E-state index contributed by atoms with van der Waals surface area (Å²) in [6.07, 6.45) is 0.840. The van der Waals surface area contributed by atoms with Crippen LogP contribution in [0.15, 0.2) is 47.2 Å². The number of aryl methyl sites for hydroxylation is 1. The van der Waals surface area contributed by atoms with Gasteiger partial charge in [0.1, 0.15) is 0 Å². The molecule has 0 unspecified atom stereocenters. The normalized spacial score (nSPS) is 16.3. The summed E-state index contributed by atoms with van der Waals surface area (Å²) < 4.78 is 0. The lowest BCUT2D eigenvalue weighted by Crippen LogP contribution is -2.39. The third-order valence-corrected chi connectivity index (χ3v) is 6.60. The van der Waals surface area contributed by atoms with E-state index in [0.29, 0.717) is 17.7 Å². The lowest BCUT2D eigenvalue weighted by molar-refractivity contribution is -0.385. The smallest absolute Gasteiger partial charge is 0.272 e. The molecule has 1 aromatic carbocycles. The van der Waals surface area contributed by atoms with Gasteiger partial charge in [-0.1, -0.05) is 6.07 Å². The van der Waals surface area contributed by atoms with E-state index in [1.807, 2.05) is 16.3 Å². The Kier molecular flexibility index (Phi) is 4.34. The number of nitro benzene ring substituents is 1. The zero-order valence-corrected chi connectivity index (χ0v) is 15.7. The minimum atomic E-state index is -0.420. The summed E-state index contributed by atoms with van der Waals surface area (Å²) in [5.74, 6) is -0.0850. The molecular weight excluding hydrogens is 368 g/mol. The Balaban J connectivity index is 1.73. The maximum absolute atomic E-state index is 13.2. The van der Waals surface area contributed by atoms with Crippen molar-refractivity contribution in [1.29, 1.82) is 0 Å². The van der Waals surface area contributed by atoms with Crippen LogP contribution < -0.4 is 0 Å². The molecule has 0 N–H and O–H groups in total. The van der Waals surface area contributed by atoms with Crippen molar-refractivity contribution in [1.82, 2.24) is 4.90 Å². The Morgan fingerprint density at radius 3 is 2.77 bits per heavy atom. The van der Waals surface area contributed by atoms with E-state index in [4.69, 9.17) is 0 Å². The van der Waals surface area contributed by atoms with Crippen molar-refractivity contribution < 1.29 is 9.72 Å². The molecule has 1 aliphatic rings. The van der Waals surface area contributed by atoms with Crippen LogP contribution >= 0.6 is 22.7 Å². The van der Waals surface area contributed by atoms with Gasteiger partial charge in [-0.25, -0.2) is 0 Å². The monoisotopic (exact) mass is 384 g/mol. The van der Waals surface area contributed by atoms with Crippen LogP contribution in [0.2, 0.25) is 0 Å². The number of nitro groups is 1. The number of hydrogen-bond donors (Lipinski definition) is 0. The summed E-state index contributed by atoms with van der Waals surface area (Å²) in [4.78, 5) is 28.2. The Morgan fingerprint density at radius 2 is 2.08 bits per heavy atom. The maximum atomic E-state index is 13.2. The van der Waals surface area contributed by atoms with Crippen LogP contribution in [0.5, 0.6) is 0 Å². The van der Waals surface area contributed by atoms with Gasteiger partial charge in [0.05, 0.1) is 11.0 Å². The van der Waals surface area contributed by atoms with Crippen molar-refractivity contribution in [2.45, 2.75) is 19.4 Å². The Labute approximate surface area is 158 Å². The van der Waals surface area contributed by atoms with E-state index in [2.05, 4.69) is 17.5 Å². The third kappa shape index (κ3) is 2.83. The fourth-order valence-electron chi connectivity index (χ4n) is 3.45. The van der Waals surface area contributed by atoms with E-state index in [1.54, 1.807) is 41.7 Å². The molecule has 1 amide bonds. The SMILES string of the molecule is Cc1cc(C(=O)N2CCc3sccc3[C@H]2c2cccs2)ccc1[N+](=O)[O-]. The first-order valence-corrected chi connectivity index (χ1v) is 9.98. The fraction of sp³-hybridized carbons (Fsp3) is 0.211. The van der Waals surface area contributed by atoms with E-state index in [-0.39, 0.29) is 17.6 Å². The van der Waals surface area contributed by atoms with Crippen molar-refractivity contribution in [3.63, 3.8) is 0 Å². The molecule has 0 bridgehead atoms. The molecule has 0 saturated carbocycles. The van der Waals surface area contributed by atoms with Crippen molar-refractivity contribution >= 4 is 34.3 Å². The summed E-state index contributed by atoms with van der Waals surface area (Å²) in [6, 6.07) is 10.7. The first kappa shape index (κ1) is 16.9. The van der Waals surface area contributed by atoms with Gasteiger partial charge in [0.15, 0.2) is 0 Å². The molecule has 0 fully saturated rings. The summed E-state index contributed by atoms with van der Waals surface area (Å²) >= 11 is 3.38. The lowest BCUT2D eigenvalue weighted by Gasteiger charge is -2.35. The quantitative estimate of drug-likeness (QED) is 0.481. The zero-order valence-electron chi connectivity index (χ0n) is 14.0. The molecule has 7 heteroatoms. The number of carbonyl (C=O) groups excluding carboxylic acids is 1. The number of fused-ring (bicyclic) bond motifs is 1. The number of rotatable bonds is 3. The molecule has 0 radical (unpaired) electrons. The minimum absolute atomic E-state index is 0.0371. The number of nitrogens with zero attached hydrogens (tertiary/aromatic N) is 2. The second kappa shape index (κ2) is 6.66. The molecule has 0 aliphatic carbocycles. The lowest BCUT2D eigenvalue weighted by atomic mass is 9.97. The summed E-state index contributed by atoms with van der Waals surface area (Å²) in [6.45, 7) is 2.31. The average molecular weight is 384 g/mol. The standard InChI is InChI=1S/C19H16N2O3S2/c1-12-11-13(4-5-15(12)21(23)24)19(22)20-8-6-16-14(7-10-26-16)18(20)17-3-2-9-25-17/h2-5,7,9-11,18H,6,8H2,1H3/t18-/m0/s1. The molecule has 0 spiro atoms. The van der Waals surface area contributed by atoms with Gasteiger partial charge < -0.3 is 4.90 Å². The van der Waals surface area contributed by atoms with Gasteiger partial charge in [-0.05, 0) is 53.9 Å². The fourth-order valence-corrected chi connectivity index (χ4v) is 5.21. The minimum Gasteiger partial charge on any atom is -0.326 e. The highest BCUT2D eigenvalue weighted by atomic mass is 32.1. The van der Waals surface area contributed by atoms with Gasteiger partial charge in [0.25, 0.3) is 11.6 Å². The van der Waals surface area contributed by atoms with E-state index in [0.717, 1.165) is 11.3 Å². The van der Waals surface area contributed by atoms with Crippen LogP contribution in [-0.2, 0) is 6.42 Å². The predicted octanol–water partition coefficient (Wildman–Crippen LogP) is 4.81. The number of hydrogen-bond acceptors (Lipinski definition) is 5. The van der Waals surface area contributed by atoms with Gasteiger partial charge in [-0.2, -0.15) is 0 Å². The first-order chi connectivity index (χ1) is 12.6. The highest BCUT2D eigenvalue weighted by Gasteiger charge is 2.34. The second-order valence-electron chi connectivity index (χ2n) is 6.22. The molecule has 2 aromatic heterocycles. The largest absolute Gasteiger partial charge is 0.326 e. The van der Waals surface area contributed by atoms with Crippen LogP contribution in [0.1, 0.15) is 37.3 Å². The van der Waals surface area contributed by atoms with Crippen LogP contribution in [0, 0.1) is 17.0 Å². The van der Waals surface area contributed by atoms with Crippen LogP contribution in [0.4, 0.5) is 5.69 Å². The van der Waals surface area contributed by atoms with Gasteiger partial charge in [0.2, 0.25) is 0 Å². The average Bonchev–Trinajstić information content (AvgIpc) is 3.31. The van der Waals surface area contributed by atoms with Crippen LogP contribution in [0.25, 0.3) is 0 Å². The molecule has 0 saturated heterocycles. The number of carbonyl (C=O) groups is 1. The van der Waals surface area contributed by atoms with Crippen LogP contribution in [0.3, 0.4) is 0 Å². The second-order valence-corrected chi connectivity index (χ2v) is 8.20. The number of amides is 1. The van der Waals surface area contributed by atoms with Gasteiger partial charge in [-0.15, -0.1) is 22.7 Å². The summed E-state index contributed by atoms with van der Waals surface area (Å²) in [5.41, 5.74) is 2.22. The van der Waals surface area contributed by atoms with Crippen molar-refractivity contribution in [3.8, 4) is 0 Å². The summed E-state index contributed by atoms with van der Waals surface area (Å²) in [5, 5.41) is 15.1. The Morgan fingerprint density at radius 1 is 1.23 bits per heavy atom. The van der Waals surface area contributed by atoms with E-state index >= 15 is 0 Å². The van der Waals surface area contributed by atoms with Crippen molar-refractivity contribution in [3.05, 3.63) is 83.7 Å². The van der Waals surface area contributed by atoms with Crippen molar-refractivity contribution in [2.24, 2.45) is 0 Å². The Hall–Kier alpha value is -2.51. The van der Waals surface area contributed by atoms with Gasteiger partial charge in [0, 0.05) is 33.5 Å². The molecule has 5 nitrogen and oxygen atoms in total. The van der Waals surface area contributed by atoms with Gasteiger partial charge in [-0.3, -0.25) is 14.9 Å². The van der Waals surface area contributed by atoms with Crippen LogP contribution in [-0.4, -0.2) is 22.3 Å². The molecule has 26 heavy (non-hydrogen) atoms. The maximum Gasteiger partial charge on any atom is 0.272 e. The number of thiophene rings is 2. The highest BCUT2D eigenvalue weighted by Crippen LogP contribution is 2.40. The predicted molar refractivity (Wildman–Crippen MR) is 103 cm³/mol. The molecular formula is C19H16N2O3S2. The van der Waals surface area contributed by atoms with Crippen molar-refractivity contribution in [2.75, 3.05) is 6.54 Å². The zero-order chi connectivity index (χ0) is 18.3. The Bertz CT molecular complexity index is 979. The molecule has 4 rings (SSSR count). The molecule has 1 atom stereocenters. The third-order valence-electron chi connectivity index (χ3n) is 4.68. The molecule has 1 aliphatic heterocycles. The highest BCUT2D eigenvalue weighted by molar-refractivity contribution is 7.10. The number of benzene rings is 1. The first-order valence-electron chi connectivity index (χ1n) is 8.22. The van der Waals surface area contributed by atoms with E-state index in [9.17, 15) is 14.9 Å². The molecule has 132 valence electrons.